The molecule has 4 N–H and O–H groups in total. The maximum absolute atomic E-state index is 11.9. The van der Waals surface area contributed by atoms with E-state index in [1.165, 1.54) is 0 Å². The Hall–Kier alpha value is -2.57. The molecule has 1 rings (SSSR count). The molecule has 0 heterocycles. The number of hydrogen-bond donors (Lipinski definition) is 3. The first-order chi connectivity index (χ1) is 10.4. The molecule has 0 aliphatic heterocycles. The van der Waals surface area contributed by atoms with Gasteiger partial charge < -0.3 is 21.1 Å². The highest BCUT2D eigenvalue weighted by Crippen LogP contribution is 2.04. The number of nitrogens with two attached hydrogens (primary N) is 1. The van der Waals surface area contributed by atoms with Crippen LogP contribution in [-0.4, -0.2) is 30.5 Å². The third kappa shape index (κ3) is 6.25. The van der Waals surface area contributed by atoms with Crippen LogP contribution in [0.3, 0.4) is 0 Å². The molecule has 0 fully saturated rings. The topological polar surface area (TPSA) is 111 Å². The van der Waals surface area contributed by atoms with Crippen molar-refractivity contribution in [3.8, 4) is 0 Å². The van der Waals surface area contributed by atoms with Gasteiger partial charge in [-0.3, -0.25) is 9.59 Å². The number of rotatable bonds is 7. The molecule has 7 heteroatoms. The number of carbonyl (C=O) groups excluding carboxylic acids is 3. The number of carbonyl (C=O) groups is 3. The van der Waals surface area contributed by atoms with Gasteiger partial charge in [-0.05, 0) is 11.5 Å². The van der Waals surface area contributed by atoms with Crippen molar-refractivity contribution in [2.24, 2.45) is 11.7 Å². The zero-order valence-corrected chi connectivity index (χ0v) is 12.7. The third-order valence-corrected chi connectivity index (χ3v) is 2.87. The van der Waals surface area contributed by atoms with Crippen LogP contribution in [-0.2, 0) is 20.9 Å². The number of nitrogens with one attached hydrogen (secondary N) is 2. The monoisotopic (exact) mass is 307 g/mol. The number of primary amides is 1. The Morgan fingerprint density at radius 3 is 2.36 bits per heavy atom. The predicted octanol–water partition coefficient (Wildman–Crippen LogP) is 0.539. The molecule has 0 bridgehead atoms. The number of alkyl carbamates (subject to hydrolysis) is 1. The molecule has 7 nitrogen and oxygen atoms in total. The minimum absolute atomic E-state index is 0.112. The largest absolute Gasteiger partial charge is 0.445 e. The molecule has 120 valence electrons. The summed E-state index contributed by atoms with van der Waals surface area (Å²) in [5.41, 5.74) is 5.81. The average Bonchev–Trinajstić information content (AvgIpc) is 2.49. The van der Waals surface area contributed by atoms with E-state index in [-0.39, 0.29) is 19.1 Å². The first-order valence-corrected chi connectivity index (χ1v) is 6.93. The molecular weight excluding hydrogens is 286 g/mol. The fourth-order valence-electron chi connectivity index (χ4n) is 1.71. The van der Waals surface area contributed by atoms with Gasteiger partial charge in [-0.2, -0.15) is 0 Å². The number of ether oxygens (including phenoxy) is 1. The van der Waals surface area contributed by atoms with Gasteiger partial charge in [0.1, 0.15) is 12.6 Å². The van der Waals surface area contributed by atoms with Gasteiger partial charge in [0.05, 0.1) is 6.54 Å². The average molecular weight is 307 g/mol. The molecule has 0 saturated heterocycles. The van der Waals surface area contributed by atoms with Gasteiger partial charge in [0.2, 0.25) is 11.8 Å². The van der Waals surface area contributed by atoms with Crippen LogP contribution in [0.25, 0.3) is 0 Å². The zero-order chi connectivity index (χ0) is 16.5. The first-order valence-electron chi connectivity index (χ1n) is 6.93. The second-order valence-electron chi connectivity index (χ2n) is 5.11. The Morgan fingerprint density at radius 1 is 1.18 bits per heavy atom. The van der Waals surface area contributed by atoms with Gasteiger partial charge in [-0.15, -0.1) is 0 Å². The van der Waals surface area contributed by atoms with Crippen LogP contribution < -0.4 is 16.4 Å². The Labute approximate surface area is 129 Å². The Balaban J connectivity index is 2.50. The minimum atomic E-state index is -0.803. The number of amides is 3. The van der Waals surface area contributed by atoms with Gasteiger partial charge in [0.15, 0.2) is 0 Å². The first kappa shape index (κ1) is 17.5. The minimum Gasteiger partial charge on any atom is -0.445 e. The normalized spacial score (nSPS) is 11.6. The van der Waals surface area contributed by atoms with E-state index in [0.29, 0.717) is 0 Å². The Bertz CT molecular complexity index is 517. The third-order valence-electron chi connectivity index (χ3n) is 2.87. The van der Waals surface area contributed by atoms with E-state index >= 15 is 0 Å². The lowest BCUT2D eigenvalue weighted by molar-refractivity contribution is -0.126. The van der Waals surface area contributed by atoms with Gasteiger partial charge in [0, 0.05) is 0 Å². The second-order valence-corrected chi connectivity index (χ2v) is 5.11. The van der Waals surface area contributed by atoms with Gasteiger partial charge in [0.25, 0.3) is 0 Å². The van der Waals surface area contributed by atoms with Crippen molar-refractivity contribution in [3.05, 3.63) is 35.9 Å². The van der Waals surface area contributed by atoms with Crippen LogP contribution in [0.5, 0.6) is 0 Å². The standard InChI is InChI=1S/C15H21N3O4/c1-10(2)13(14(20)17-8-12(16)19)18-15(21)22-9-11-6-4-3-5-7-11/h3-7,10,13H,8-9H2,1-2H3,(H2,16,19)(H,17,20)(H,18,21)/t13-/m1/s1. The Morgan fingerprint density at radius 2 is 1.82 bits per heavy atom. The molecule has 0 unspecified atom stereocenters. The summed E-state index contributed by atoms with van der Waals surface area (Å²) in [6, 6.07) is 8.39. The van der Waals surface area contributed by atoms with E-state index in [0.717, 1.165) is 5.56 Å². The lowest BCUT2D eigenvalue weighted by atomic mass is 10.0. The maximum Gasteiger partial charge on any atom is 0.408 e. The van der Waals surface area contributed by atoms with Gasteiger partial charge >= 0.3 is 6.09 Å². The van der Waals surface area contributed by atoms with Crippen LogP contribution in [0, 0.1) is 5.92 Å². The predicted molar refractivity (Wildman–Crippen MR) is 80.6 cm³/mol. The summed E-state index contributed by atoms with van der Waals surface area (Å²) in [5, 5.41) is 4.84. The fourth-order valence-corrected chi connectivity index (χ4v) is 1.71. The maximum atomic E-state index is 11.9. The summed E-state index contributed by atoms with van der Waals surface area (Å²) in [6.45, 7) is 3.38. The van der Waals surface area contributed by atoms with Crippen molar-refractivity contribution in [2.75, 3.05) is 6.54 Å². The van der Waals surface area contributed by atoms with Crippen molar-refractivity contribution >= 4 is 17.9 Å². The van der Waals surface area contributed by atoms with Crippen LogP contribution in [0.4, 0.5) is 4.79 Å². The zero-order valence-electron chi connectivity index (χ0n) is 12.7. The summed E-state index contributed by atoms with van der Waals surface area (Å²) in [6.07, 6.45) is -0.697. The molecule has 1 aromatic rings. The highest BCUT2D eigenvalue weighted by atomic mass is 16.5. The van der Waals surface area contributed by atoms with Crippen molar-refractivity contribution in [2.45, 2.75) is 26.5 Å². The van der Waals surface area contributed by atoms with E-state index in [9.17, 15) is 14.4 Å². The lowest BCUT2D eigenvalue weighted by Gasteiger charge is -2.21. The van der Waals surface area contributed by atoms with Crippen molar-refractivity contribution < 1.29 is 19.1 Å². The van der Waals surface area contributed by atoms with E-state index in [1.54, 1.807) is 13.8 Å². The summed E-state index contributed by atoms with van der Waals surface area (Å²) < 4.78 is 5.06. The van der Waals surface area contributed by atoms with E-state index in [1.807, 2.05) is 30.3 Å². The number of benzene rings is 1. The SMILES string of the molecule is CC(C)[C@@H](NC(=O)OCc1ccccc1)C(=O)NCC(N)=O. The van der Waals surface area contributed by atoms with Gasteiger partial charge in [-0.25, -0.2) is 4.79 Å². The summed E-state index contributed by atoms with van der Waals surface area (Å²) >= 11 is 0. The molecule has 0 aliphatic rings. The van der Waals surface area contributed by atoms with Crippen molar-refractivity contribution in [3.63, 3.8) is 0 Å². The molecular formula is C15H21N3O4. The smallest absolute Gasteiger partial charge is 0.408 e. The van der Waals surface area contributed by atoms with E-state index < -0.39 is 23.9 Å². The summed E-state index contributed by atoms with van der Waals surface area (Å²) in [5.74, 6) is -1.30. The molecule has 1 atom stereocenters. The molecule has 22 heavy (non-hydrogen) atoms. The highest BCUT2D eigenvalue weighted by Gasteiger charge is 2.24. The fraction of sp³-hybridized carbons (Fsp3) is 0.400. The molecule has 0 radical (unpaired) electrons. The van der Waals surface area contributed by atoms with E-state index in [2.05, 4.69) is 10.6 Å². The lowest BCUT2D eigenvalue weighted by Crippen LogP contribution is -2.51. The molecule has 3 amide bonds. The molecule has 1 aromatic carbocycles. The second kappa shape index (κ2) is 8.66. The number of hydrogen-bond acceptors (Lipinski definition) is 4. The molecule has 0 saturated carbocycles. The van der Waals surface area contributed by atoms with E-state index in [4.69, 9.17) is 10.5 Å². The van der Waals surface area contributed by atoms with Crippen LogP contribution in [0.15, 0.2) is 30.3 Å². The molecule has 0 aromatic heterocycles. The van der Waals surface area contributed by atoms with Crippen molar-refractivity contribution in [1.29, 1.82) is 0 Å². The summed E-state index contributed by atoms with van der Waals surface area (Å²) in [7, 11) is 0. The van der Waals surface area contributed by atoms with Crippen LogP contribution >= 0.6 is 0 Å². The quantitative estimate of drug-likeness (QED) is 0.682. The molecule has 0 spiro atoms. The highest BCUT2D eigenvalue weighted by molar-refractivity contribution is 5.89. The van der Waals surface area contributed by atoms with Crippen molar-refractivity contribution in [1.82, 2.24) is 10.6 Å². The Kier molecular flexibility index (Phi) is 6.88. The van der Waals surface area contributed by atoms with Crippen LogP contribution in [0.1, 0.15) is 19.4 Å². The summed E-state index contributed by atoms with van der Waals surface area (Å²) in [4.78, 5) is 34.4. The van der Waals surface area contributed by atoms with Gasteiger partial charge in [-0.1, -0.05) is 44.2 Å². The van der Waals surface area contributed by atoms with Crippen LogP contribution in [0.2, 0.25) is 0 Å². The molecule has 0 aliphatic carbocycles.